The first-order valence-corrected chi connectivity index (χ1v) is 8.10. The molecule has 0 radical (unpaired) electrons. The standard InChI is InChI=1S/C12H4Br2ClN5O3/c13-5-2-1-3-7(9(5)15)18-16-10-8(19(18)21)4-6(14)12-11(10)17-23-20(12)22/h1-4H. The van der Waals surface area contributed by atoms with E-state index in [9.17, 15) is 10.4 Å². The lowest BCUT2D eigenvalue weighted by atomic mass is 10.2. The van der Waals surface area contributed by atoms with Crippen LogP contribution in [0.1, 0.15) is 0 Å². The number of nitrogens with zero attached hydrogens (tertiary/aromatic N) is 5. The number of hydrogen-bond acceptors (Lipinski definition) is 5. The van der Waals surface area contributed by atoms with Crippen molar-refractivity contribution in [3.05, 3.63) is 48.6 Å². The Morgan fingerprint density at radius 2 is 1.96 bits per heavy atom. The molecule has 0 unspecified atom stereocenters. The molecule has 0 saturated carbocycles. The Balaban J connectivity index is 2.12. The van der Waals surface area contributed by atoms with Gasteiger partial charge in [0, 0.05) is 10.5 Å². The van der Waals surface area contributed by atoms with Crippen molar-refractivity contribution in [3.63, 3.8) is 0 Å². The van der Waals surface area contributed by atoms with E-state index < -0.39 is 0 Å². The monoisotopic (exact) mass is 459 g/mol. The second-order valence-corrected chi connectivity index (χ2v) is 6.68. The molecule has 0 atom stereocenters. The molecule has 0 spiro atoms. The summed E-state index contributed by atoms with van der Waals surface area (Å²) in [5, 5.41) is 32.4. The van der Waals surface area contributed by atoms with Crippen LogP contribution in [0.2, 0.25) is 5.02 Å². The number of halogens is 3. The Hall–Kier alpha value is -1.91. The molecule has 4 aromatic rings. The van der Waals surface area contributed by atoms with E-state index in [1.165, 1.54) is 6.07 Å². The van der Waals surface area contributed by atoms with E-state index >= 15 is 0 Å². The largest absolute Gasteiger partial charge is 0.692 e. The molecule has 11 heteroatoms. The topological polar surface area (TPSA) is 97.7 Å². The number of benzene rings is 2. The van der Waals surface area contributed by atoms with Crippen LogP contribution >= 0.6 is 43.5 Å². The van der Waals surface area contributed by atoms with Gasteiger partial charge in [0.25, 0.3) is 0 Å². The average molecular weight is 461 g/mol. The first-order valence-electron chi connectivity index (χ1n) is 6.14. The van der Waals surface area contributed by atoms with Crippen molar-refractivity contribution in [1.29, 1.82) is 0 Å². The lowest BCUT2D eigenvalue weighted by Crippen LogP contribution is -2.37. The molecule has 2 heterocycles. The summed E-state index contributed by atoms with van der Waals surface area (Å²) in [7, 11) is 0. The molecule has 0 fully saturated rings. The summed E-state index contributed by atoms with van der Waals surface area (Å²) in [6, 6.07) is 6.60. The first-order chi connectivity index (χ1) is 11.0. The normalized spacial score (nSPS) is 11.6. The van der Waals surface area contributed by atoms with Crippen molar-refractivity contribution < 1.29 is 14.4 Å². The predicted molar refractivity (Wildman–Crippen MR) is 87.0 cm³/mol. The highest BCUT2D eigenvalue weighted by molar-refractivity contribution is 9.11. The third kappa shape index (κ3) is 2.02. The van der Waals surface area contributed by atoms with Gasteiger partial charge in [-0.25, -0.2) is 0 Å². The molecule has 0 N–H and O–H groups in total. The molecule has 2 aromatic heterocycles. The molecule has 116 valence electrons. The van der Waals surface area contributed by atoms with Gasteiger partial charge in [0.15, 0.2) is 0 Å². The third-order valence-electron chi connectivity index (χ3n) is 3.29. The second kappa shape index (κ2) is 5.05. The smallest absolute Gasteiger partial charge is 0.307 e. The minimum Gasteiger partial charge on any atom is -0.692 e. The Morgan fingerprint density at radius 1 is 1.17 bits per heavy atom. The van der Waals surface area contributed by atoms with E-state index in [0.29, 0.717) is 24.5 Å². The first kappa shape index (κ1) is 14.7. The van der Waals surface area contributed by atoms with Crippen LogP contribution in [0, 0.1) is 10.4 Å². The van der Waals surface area contributed by atoms with Crippen LogP contribution in [-0.2, 0) is 0 Å². The lowest BCUT2D eigenvalue weighted by Gasteiger charge is -2.06. The summed E-state index contributed by atoms with van der Waals surface area (Å²) in [5.74, 6) is 0. The molecule has 0 aliphatic carbocycles. The van der Waals surface area contributed by atoms with Crippen molar-refractivity contribution >= 4 is 65.5 Å². The number of aromatic nitrogens is 5. The fraction of sp³-hybridized carbons (Fsp3) is 0. The van der Waals surface area contributed by atoms with Crippen molar-refractivity contribution in [2.24, 2.45) is 0 Å². The summed E-state index contributed by atoms with van der Waals surface area (Å²) >= 11 is 12.8. The van der Waals surface area contributed by atoms with E-state index in [1.54, 1.807) is 18.2 Å². The summed E-state index contributed by atoms with van der Waals surface area (Å²) in [4.78, 5) is 1.91. The van der Waals surface area contributed by atoms with Crippen molar-refractivity contribution in [1.82, 2.24) is 15.1 Å². The van der Waals surface area contributed by atoms with Gasteiger partial charge in [-0.1, -0.05) is 17.7 Å². The third-order valence-corrected chi connectivity index (χ3v) is 5.18. The van der Waals surface area contributed by atoms with Crippen LogP contribution in [-0.4, -0.2) is 15.1 Å². The van der Waals surface area contributed by atoms with Crippen LogP contribution in [0.3, 0.4) is 0 Å². The van der Waals surface area contributed by atoms with Crippen molar-refractivity contribution in [2.75, 3.05) is 0 Å². The van der Waals surface area contributed by atoms with Gasteiger partial charge >= 0.3 is 11.0 Å². The summed E-state index contributed by atoms with van der Waals surface area (Å²) in [5.41, 5.74) is 1.17. The number of fused-ring (bicyclic) bond motifs is 3. The van der Waals surface area contributed by atoms with Crippen LogP contribution in [0.15, 0.2) is 37.8 Å². The molecule has 0 aliphatic heterocycles. The van der Waals surface area contributed by atoms with Crippen molar-refractivity contribution in [3.8, 4) is 5.69 Å². The highest BCUT2D eigenvalue weighted by Crippen LogP contribution is 2.30. The average Bonchev–Trinajstić information content (AvgIpc) is 3.05. The lowest BCUT2D eigenvalue weighted by molar-refractivity contribution is -0.782. The van der Waals surface area contributed by atoms with E-state index in [1.807, 2.05) is 0 Å². The Bertz CT molecular complexity index is 1090. The molecule has 8 nitrogen and oxygen atoms in total. The van der Waals surface area contributed by atoms with Crippen molar-refractivity contribution in [2.45, 2.75) is 0 Å². The Morgan fingerprint density at radius 3 is 2.74 bits per heavy atom. The molecular formula is C12H4Br2ClN5O3. The SMILES string of the molecule is [O-][n+]1onc2c3nn(-c4cccc(Br)c4Cl)[n+]([O-])c3cc(Br)c21. The minimum atomic E-state index is 0.156. The molecule has 0 aliphatic rings. The summed E-state index contributed by atoms with van der Waals surface area (Å²) in [6.45, 7) is 0. The van der Waals surface area contributed by atoms with Gasteiger partial charge in [0.05, 0.1) is 19.8 Å². The number of rotatable bonds is 1. The predicted octanol–water partition coefficient (Wildman–Crippen LogP) is 2.61. The maximum absolute atomic E-state index is 12.6. The molecular weight excluding hydrogens is 457 g/mol. The van der Waals surface area contributed by atoms with E-state index in [4.69, 9.17) is 11.6 Å². The molecule has 0 saturated heterocycles. The zero-order chi connectivity index (χ0) is 16.3. The summed E-state index contributed by atoms with van der Waals surface area (Å²) in [6.07, 6.45) is 0. The quantitative estimate of drug-likeness (QED) is 0.321. The van der Waals surface area contributed by atoms with Gasteiger partial charge in [0.1, 0.15) is 5.69 Å². The Kier molecular flexibility index (Phi) is 3.22. The zero-order valence-electron chi connectivity index (χ0n) is 10.9. The second-order valence-electron chi connectivity index (χ2n) is 4.59. The Labute approximate surface area is 149 Å². The maximum Gasteiger partial charge on any atom is 0.307 e. The van der Waals surface area contributed by atoms with Crippen LogP contribution < -0.4 is 9.75 Å². The van der Waals surface area contributed by atoms with Gasteiger partial charge in [-0.3, -0.25) is 4.63 Å². The van der Waals surface area contributed by atoms with Gasteiger partial charge in [-0.15, -0.1) is 4.85 Å². The molecule has 4 rings (SSSR count). The maximum atomic E-state index is 12.6. The summed E-state index contributed by atoms with van der Waals surface area (Å²) < 4.78 is 5.59. The van der Waals surface area contributed by atoms with E-state index in [0.717, 1.165) is 4.80 Å². The van der Waals surface area contributed by atoms with Crippen LogP contribution in [0.25, 0.3) is 27.8 Å². The van der Waals surface area contributed by atoms with Gasteiger partial charge < -0.3 is 10.4 Å². The van der Waals surface area contributed by atoms with E-state index in [-0.39, 0.29) is 27.0 Å². The fourth-order valence-electron chi connectivity index (χ4n) is 2.26. The minimum absolute atomic E-state index is 0.156. The highest BCUT2D eigenvalue weighted by Gasteiger charge is 2.29. The van der Waals surface area contributed by atoms with Gasteiger partial charge in [-0.2, -0.15) is 0 Å². The molecule has 0 amide bonds. The fourth-order valence-corrected chi connectivity index (χ4v) is 3.37. The highest BCUT2D eigenvalue weighted by atomic mass is 79.9. The van der Waals surface area contributed by atoms with Gasteiger partial charge in [-0.05, 0) is 53.7 Å². The van der Waals surface area contributed by atoms with Crippen LogP contribution in [0.4, 0.5) is 0 Å². The number of hydrogen-bond donors (Lipinski definition) is 0. The van der Waals surface area contributed by atoms with E-state index in [2.05, 4.69) is 46.7 Å². The molecule has 0 bridgehead atoms. The van der Waals surface area contributed by atoms with Gasteiger partial charge in [0.2, 0.25) is 11.0 Å². The van der Waals surface area contributed by atoms with Crippen LogP contribution in [0.5, 0.6) is 0 Å². The zero-order valence-corrected chi connectivity index (χ0v) is 14.8. The molecule has 2 aromatic carbocycles. The molecule has 23 heavy (non-hydrogen) atoms.